The van der Waals surface area contributed by atoms with E-state index in [0.717, 1.165) is 32.6 Å². The number of thiazole rings is 1. The van der Waals surface area contributed by atoms with E-state index < -0.39 is 6.23 Å². The summed E-state index contributed by atoms with van der Waals surface area (Å²) in [4.78, 5) is 5.67. The van der Waals surface area contributed by atoms with Crippen LogP contribution in [0.3, 0.4) is 0 Å². The molecular weight excluding hydrogens is 511 g/mol. The number of hydrogen-bond donors (Lipinski definition) is 0. The van der Waals surface area contributed by atoms with Gasteiger partial charge in [0.15, 0.2) is 0 Å². The Morgan fingerprint density at radius 1 is 1.39 bits per heavy atom. The highest BCUT2D eigenvalue weighted by atomic mass is 79.9. The summed E-state index contributed by atoms with van der Waals surface area (Å²) in [6, 6.07) is 5.34. The van der Waals surface area contributed by atoms with E-state index in [1.54, 1.807) is 18.4 Å². The third-order valence-corrected chi connectivity index (χ3v) is 6.93. The second kappa shape index (κ2) is 7.09. The minimum atomic E-state index is -0.403. The van der Waals surface area contributed by atoms with Crippen LogP contribution in [0, 0.1) is 5.82 Å². The van der Waals surface area contributed by atoms with Crippen LogP contribution in [0.2, 0.25) is 0 Å². The highest BCUT2D eigenvalue weighted by molar-refractivity contribution is 9.10. The number of hydrogen-bond acceptors (Lipinski definition) is 4. The van der Waals surface area contributed by atoms with Crippen LogP contribution in [0.25, 0.3) is 23.4 Å². The highest BCUT2D eigenvalue weighted by Crippen LogP contribution is 2.43. The fourth-order valence-electron chi connectivity index (χ4n) is 3.72. The predicted octanol–water partition coefficient (Wildman–Crippen LogP) is 4.33. The lowest BCUT2D eigenvalue weighted by Crippen LogP contribution is -2.37. The van der Waals surface area contributed by atoms with Gasteiger partial charge in [0, 0.05) is 28.0 Å². The van der Waals surface area contributed by atoms with Crippen molar-refractivity contribution in [2.24, 2.45) is 0 Å². The largest absolute Gasteiger partial charge is 0.464 e. The maximum atomic E-state index is 14.9. The highest BCUT2D eigenvalue weighted by Gasteiger charge is 2.32. The molecule has 3 aromatic rings. The van der Waals surface area contributed by atoms with Crippen molar-refractivity contribution in [3.05, 3.63) is 55.1 Å². The Hall–Kier alpha value is -1.48. The molecule has 0 saturated carbocycles. The van der Waals surface area contributed by atoms with E-state index in [9.17, 15) is 4.39 Å². The minimum Gasteiger partial charge on any atom is -0.464 e. The summed E-state index contributed by atoms with van der Waals surface area (Å²) in [5.74, 6) is 0.218. The van der Waals surface area contributed by atoms with E-state index in [0.29, 0.717) is 22.4 Å². The number of alkyl halides is 1. The average Bonchev–Trinajstić information content (AvgIpc) is 3.24. The van der Waals surface area contributed by atoms with Gasteiger partial charge in [0.25, 0.3) is 0 Å². The molecule has 0 bridgehead atoms. The van der Waals surface area contributed by atoms with Crippen molar-refractivity contribution in [3.63, 3.8) is 0 Å². The zero-order valence-electron chi connectivity index (χ0n) is 14.8. The summed E-state index contributed by atoms with van der Waals surface area (Å²) in [5.41, 5.74) is 1.31. The maximum Gasteiger partial charge on any atom is 0.213 e. The first kappa shape index (κ1) is 18.5. The zero-order chi connectivity index (χ0) is 19.4. The summed E-state index contributed by atoms with van der Waals surface area (Å²) in [7, 11) is 1.65. The third-order valence-electron chi connectivity index (χ3n) is 4.83. The van der Waals surface area contributed by atoms with E-state index in [1.807, 2.05) is 18.3 Å². The number of benzene rings is 1. The van der Waals surface area contributed by atoms with Gasteiger partial charge in [0.05, 0.1) is 22.7 Å². The van der Waals surface area contributed by atoms with Gasteiger partial charge in [0.2, 0.25) is 6.23 Å². The van der Waals surface area contributed by atoms with Gasteiger partial charge in [-0.15, -0.1) is 11.3 Å². The van der Waals surface area contributed by atoms with Crippen molar-refractivity contribution in [3.8, 4) is 17.0 Å². The van der Waals surface area contributed by atoms with Crippen LogP contribution in [-0.4, -0.2) is 21.5 Å². The molecule has 2 aliphatic rings. The number of fused-ring (bicyclic) bond motifs is 5. The van der Waals surface area contributed by atoms with Crippen molar-refractivity contribution in [2.45, 2.75) is 24.1 Å². The molecule has 0 amide bonds. The Kier molecular flexibility index (Phi) is 4.70. The van der Waals surface area contributed by atoms with E-state index in [2.05, 4.69) is 53.6 Å². The smallest absolute Gasteiger partial charge is 0.213 e. The molecule has 1 aromatic carbocycles. The predicted molar refractivity (Wildman–Crippen MR) is 115 cm³/mol. The minimum absolute atomic E-state index is 0.273. The molecule has 2 unspecified atom stereocenters. The molecule has 0 radical (unpaired) electrons. The summed E-state index contributed by atoms with van der Waals surface area (Å²) in [6.07, 6.45) is 6.62. The van der Waals surface area contributed by atoms with Gasteiger partial charge < -0.3 is 9.47 Å². The molecule has 0 spiro atoms. The Balaban J connectivity index is 1.77. The standard InChI is InChI=1S/C20H15Br2FN2O2S/c1-26-9-18-24-8-17(28-18)20-25-14-3-2-11(21)4-10(14)5-15(25)19-13(23)6-12(22)7-16(19)27-20/h3-8,11,20H,2,9H2,1H3. The van der Waals surface area contributed by atoms with Crippen LogP contribution < -0.4 is 15.3 Å². The molecular formula is C20H15Br2FN2O2S. The molecule has 2 aromatic heterocycles. The molecule has 4 nitrogen and oxygen atoms in total. The monoisotopic (exact) mass is 524 g/mol. The second-order valence-corrected chi connectivity index (χ2v) is 9.92. The SMILES string of the molecule is COCc1ncc(C2Oc3cc(Br)cc(F)c3-c3cc4c(n32)=CCC(Br)C=4)s1. The first-order valence-electron chi connectivity index (χ1n) is 8.72. The fourth-order valence-corrected chi connectivity index (χ4v) is 5.51. The Morgan fingerprint density at radius 2 is 2.25 bits per heavy atom. The number of rotatable bonds is 3. The topological polar surface area (TPSA) is 36.3 Å². The van der Waals surface area contributed by atoms with Gasteiger partial charge in [-0.25, -0.2) is 9.37 Å². The maximum absolute atomic E-state index is 14.9. The molecule has 5 rings (SSSR count). The van der Waals surface area contributed by atoms with Crippen LogP contribution in [0.1, 0.15) is 22.5 Å². The average molecular weight is 526 g/mol. The zero-order valence-corrected chi connectivity index (χ0v) is 18.8. The molecule has 3 heterocycles. The number of aromatic nitrogens is 2. The summed E-state index contributed by atoms with van der Waals surface area (Å²) in [5, 5.41) is 3.00. The summed E-state index contributed by atoms with van der Waals surface area (Å²) in [6.45, 7) is 0.454. The van der Waals surface area contributed by atoms with Gasteiger partial charge >= 0.3 is 0 Å². The van der Waals surface area contributed by atoms with Gasteiger partial charge in [-0.3, -0.25) is 4.57 Å². The van der Waals surface area contributed by atoms with E-state index in [-0.39, 0.29) is 10.6 Å². The van der Waals surface area contributed by atoms with Crippen molar-refractivity contribution in [1.29, 1.82) is 0 Å². The van der Waals surface area contributed by atoms with E-state index in [1.165, 1.54) is 6.07 Å². The third kappa shape index (κ3) is 2.98. The summed E-state index contributed by atoms with van der Waals surface area (Å²) >= 11 is 8.58. The molecule has 8 heteroatoms. The van der Waals surface area contributed by atoms with Crippen LogP contribution in [-0.2, 0) is 11.3 Å². The molecule has 144 valence electrons. The van der Waals surface area contributed by atoms with E-state index >= 15 is 0 Å². The lowest BCUT2D eigenvalue weighted by atomic mass is 10.1. The number of methoxy groups -OCH3 is 1. The van der Waals surface area contributed by atoms with Gasteiger partial charge in [-0.2, -0.15) is 0 Å². The molecule has 0 saturated heterocycles. The van der Waals surface area contributed by atoms with Gasteiger partial charge in [-0.1, -0.05) is 44.0 Å². The molecule has 1 aliphatic heterocycles. The molecule has 0 N–H and O–H groups in total. The normalized spacial score (nSPS) is 19.7. The summed E-state index contributed by atoms with van der Waals surface area (Å²) < 4.78 is 29.2. The van der Waals surface area contributed by atoms with Crippen molar-refractivity contribution >= 4 is 55.3 Å². The fraction of sp³-hybridized carbons (Fsp3) is 0.250. The Bertz CT molecular complexity index is 1200. The molecule has 1 aliphatic carbocycles. The van der Waals surface area contributed by atoms with Crippen molar-refractivity contribution < 1.29 is 13.9 Å². The van der Waals surface area contributed by atoms with Gasteiger partial charge in [0.1, 0.15) is 16.6 Å². The lowest BCUT2D eigenvalue weighted by molar-refractivity contribution is 0.168. The first-order valence-corrected chi connectivity index (χ1v) is 11.2. The number of halogens is 3. The number of ether oxygens (including phenoxy) is 2. The van der Waals surface area contributed by atoms with Crippen LogP contribution in [0.15, 0.2) is 28.9 Å². The molecule has 28 heavy (non-hydrogen) atoms. The van der Waals surface area contributed by atoms with Gasteiger partial charge in [-0.05, 0) is 29.8 Å². The molecule has 2 atom stereocenters. The first-order chi connectivity index (χ1) is 13.5. The number of nitrogens with zero attached hydrogens (tertiary/aromatic N) is 2. The quantitative estimate of drug-likeness (QED) is 0.478. The lowest BCUT2D eigenvalue weighted by Gasteiger charge is -2.29. The van der Waals surface area contributed by atoms with Crippen LogP contribution >= 0.6 is 43.2 Å². The van der Waals surface area contributed by atoms with Crippen LogP contribution in [0.4, 0.5) is 4.39 Å². The van der Waals surface area contributed by atoms with Crippen molar-refractivity contribution in [1.82, 2.24) is 9.55 Å². The molecule has 0 fully saturated rings. The van der Waals surface area contributed by atoms with Crippen molar-refractivity contribution in [2.75, 3.05) is 7.11 Å². The van der Waals surface area contributed by atoms with E-state index in [4.69, 9.17) is 9.47 Å². The van der Waals surface area contributed by atoms with Crippen LogP contribution in [0.5, 0.6) is 5.75 Å². The second-order valence-electron chi connectivity index (χ2n) is 6.68. The Labute approximate surface area is 181 Å². The Morgan fingerprint density at radius 3 is 3.07 bits per heavy atom.